The summed E-state index contributed by atoms with van der Waals surface area (Å²) in [5.41, 5.74) is -7.15. The number of carbonyl (C=O) groups is 1. The van der Waals surface area contributed by atoms with Crippen LogP contribution in [0.2, 0.25) is 10.0 Å². The lowest BCUT2D eigenvalue weighted by atomic mass is 9.87. The number of benzene rings is 3. The molecule has 7 nitrogen and oxygen atoms in total. The molecule has 0 saturated carbocycles. The molecule has 0 fully saturated rings. The number of fused-ring (bicyclic) bond motifs is 1. The number of aryl methyl sites for hydroxylation is 1. The van der Waals surface area contributed by atoms with Crippen LogP contribution in [0.1, 0.15) is 35.6 Å². The van der Waals surface area contributed by atoms with Crippen LogP contribution in [-0.2, 0) is 26.8 Å². The molecule has 3 aromatic rings. The van der Waals surface area contributed by atoms with Gasteiger partial charge in [-0.25, -0.2) is 12.8 Å². The van der Waals surface area contributed by atoms with Crippen LogP contribution in [0.5, 0.6) is 0 Å². The Morgan fingerprint density at radius 3 is 2.07 bits per heavy atom. The monoisotopic (exact) mass is 702 g/mol. The molecule has 1 aliphatic rings. The lowest BCUT2D eigenvalue weighted by Crippen LogP contribution is -2.54. The fraction of sp³-hybridized carbons (Fsp3) is 0.321. The lowest BCUT2D eigenvalue weighted by molar-refractivity contribution is -0.376. The highest BCUT2D eigenvalue weighted by Gasteiger charge is 2.71. The Bertz CT molecular complexity index is 1650. The molecule has 45 heavy (non-hydrogen) atoms. The van der Waals surface area contributed by atoms with E-state index in [1.54, 1.807) is 0 Å². The molecule has 17 heteroatoms. The number of hydrogen-bond donors (Lipinski definition) is 3. The molecule has 0 saturated heterocycles. The molecule has 4 rings (SSSR count). The molecule has 0 bridgehead atoms. The Labute approximate surface area is 262 Å². The summed E-state index contributed by atoms with van der Waals surface area (Å²) in [6, 6.07) is 6.89. The zero-order valence-electron chi connectivity index (χ0n) is 22.6. The summed E-state index contributed by atoms with van der Waals surface area (Å²) in [7, 11) is -4.69. The Balaban J connectivity index is 1.75. The van der Waals surface area contributed by atoms with Gasteiger partial charge in [0.2, 0.25) is 5.91 Å². The van der Waals surface area contributed by atoms with Gasteiger partial charge in [0.15, 0.2) is 0 Å². The van der Waals surface area contributed by atoms with E-state index in [9.17, 15) is 54.2 Å². The molecular formula is C28H23Cl2F7N2O5S. The first-order valence-electron chi connectivity index (χ1n) is 12.9. The van der Waals surface area contributed by atoms with Crippen molar-refractivity contribution in [3.63, 3.8) is 0 Å². The van der Waals surface area contributed by atoms with E-state index in [0.717, 1.165) is 24.3 Å². The molecule has 3 aromatic carbocycles. The third-order valence-electron chi connectivity index (χ3n) is 7.23. The Morgan fingerprint density at radius 1 is 0.956 bits per heavy atom. The van der Waals surface area contributed by atoms with Crippen LogP contribution in [0.3, 0.4) is 0 Å². The van der Waals surface area contributed by atoms with Gasteiger partial charge in [-0.3, -0.25) is 9.10 Å². The van der Waals surface area contributed by atoms with Gasteiger partial charge in [0.1, 0.15) is 5.82 Å². The SMILES string of the molecule is O=C(C[C@@H]1CCc2cc(C(O)(C(F)(F)F)C(F)(F)F)ccc2N1S(=O)(=O)c1ccc(F)cc1)NC(CO)c1cc(Cl)cc(Cl)c1. The molecule has 0 spiro atoms. The molecule has 3 N–H and O–H groups in total. The van der Waals surface area contributed by atoms with E-state index in [4.69, 9.17) is 23.2 Å². The highest BCUT2D eigenvalue weighted by Crippen LogP contribution is 2.51. The van der Waals surface area contributed by atoms with Gasteiger partial charge >= 0.3 is 12.4 Å². The maximum absolute atomic E-state index is 13.8. The van der Waals surface area contributed by atoms with Crippen LogP contribution in [0.25, 0.3) is 0 Å². The van der Waals surface area contributed by atoms with Crippen molar-refractivity contribution in [2.75, 3.05) is 10.9 Å². The summed E-state index contributed by atoms with van der Waals surface area (Å²) in [4.78, 5) is 12.7. The minimum atomic E-state index is -6.18. The second kappa shape index (κ2) is 12.6. The number of hydrogen-bond acceptors (Lipinski definition) is 5. The number of nitrogens with one attached hydrogen (secondary N) is 1. The predicted octanol–water partition coefficient (Wildman–Crippen LogP) is 6.19. The zero-order valence-corrected chi connectivity index (χ0v) is 25.0. The number of halogens is 9. The maximum Gasteiger partial charge on any atom is 0.430 e. The number of alkyl halides is 6. The smallest absolute Gasteiger partial charge is 0.394 e. The van der Waals surface area contributed by atoms with Crippen LogP contribution in [-0.4, -0.2) is 49.5 Å². The van der Waals surface area contributed by atoms with Crippen molar-refractivity contribution < 1.29 is 54.2 Å². The number of rotatable bonds is 8. The Morgan fingerprint density at radius 2 is 1.53 bits per heavy atom. The normalized spacial score (nSPS) is 16.7. The highest BCUT2D eigenvalue weighted by atomic mass is 35.5. The third-order valence-corrected chi connectivity index (χ3v) is 9.55. The number of sulfonamides is 1. The largest absolute Gasteiger partial charge is 0.430 e. The van der Waals surface area contributed by atoms with Crippen molar-refractivity contribution in [1.29, 1.82) is 0 Å². The Hall–Kier alpha value is -3.11. The van der Waals surface area contributed by atoms with Crippen molar-refractivity contribution in [3.8, 4) is 0 Å². The molecule has 1 heterocycles. The Kier molecular flexibility index (Phi) is 9.72. The van der Waals surface area contributed by atoms with E-state index >= 15 is 0 Å². The van der Waals surface area contributed by atoms with Gasteiger partial charge in [-0.2, -0.15) is 26.3 Å². The third kappa shape index (κ3) is 6.87. The number of nitrogens with zero attached hydrogens (tertiary/aromatic N) is 1. The number of aliphatic hydroxyl groups excluding tert-OH is 1. The average Bonchev–Trinajstić information content (AvgIpc) is 2.93. The van der Waals surface area contributed by atoms with E-state index in [1.807, 2.05) is 0 Å². The first-order valence-corrected chi connectivity index (χ1v) is 15.1. The number of carbonyl (C=O) groups excluding carboxylic acids is 1. The number of anilines is 1. The van der Waals surface area contributed by atoms with E-state index in [1.165, 1.54) is 18.2 Å². The summed E-state index contributed by atoms with van der Waals surface area (Å²) < 4.78 is 123. The van der Waals surface area contributed by atoms with Gasteiger partial charge in [-0.15, -0.1) is 0 Å². The molecule has 1 aliphatic heterocycles. The minimum absolute atomic E-state index is 0.202. The van der Waals surface area contributed by atoms with Crippen LogP contribution in [0.15, 0.2) is 65.6 Å². The minimum Gasteiger partial charge on any atom is -0.394 e. The van der Waals surface area contributed by atoms with Crippen molar-refractivity contribution in [1.82, 2.24) is 5.32 Å². The number of aliphatic hydroxyl groups is 2. The molecule has 0 aromatic heterocycles. The van der Waals surface area contributed by atoms with E-state index in [0.29, 0.717) is 28.1 Å². The molecule has 0 radical (unpaired) electrons. The standard InChI is InChI=1S/C28H23Cl2F7N2O5S/c29-18-10-16(11-19(30)12-18)23(14-40)38-25(41)13-21-5-1-15-9-17(26(42,27(32,33)34)28(35,36)37)2-8-24(15)39(21)45(43,44)22-6-3-20(31)4-7-22/h2-4,6-12,21,23,40,42H,1,5,13-14H2,(H,38,41)/t21-,23?/m0/s1. The predicted molar refractivity (Wildman–Crippen MR) is 150 cm³/mol. The van der Waals surface area contributed by atoms with E-state index < -0.39 is 75.3 Å². The highest BCUT2D eigenvalue weighted by molar-refractivity contribution is 7.92. The zero-order chi connectivity index (χ0) is 33.5. The summed E-state index contributed by atoms with van der Waals surface area (Å²) in [6.45, 7) is -0.613. The molecule has 1 amide bonds. The van der Waals surface area contributed by atoms with Crippen molar-refractivity contribution in [2.24, 2.45) is 0 Å². The van der Waals surface area contributed by atoms with Gasteiger partial charge in [-0.1, -0.05) is 35.3 Å². The maximum atomic E-state index is 13.8. The fourth-order valence-corrected chi connectivity index (χ4v) is 7.32. The fourth-order valence-electron chi connectivity index (χ4n) is 5.06. The van der Waals surface area contributed by atoms with Gasteiger partial charge in [-0.05, 0) is 72.5 Å². The van der Waals surface area contributed by atoms with Gasteiger partial charge in [0, 0.05) is 22.0 Å². The van der Waals surface area contributed by atoms with Crippen molar-refractivity contribution in [2.45, 2.75) is 54.2 Å². The van der Waals surface area contributed by atoms with Crippen LogP contribution in [0, 0.1) is 5.82 Å². The van der Waals surface area contributed by atoms with Gasteiger partial charge in [0.05, 0.1) is 29.3 Å². The molecular weight excluding hydrogens is 680 g/mol. The average molecular weight is 703 g/mol. The summed E-state index contributed by atoms with van der Waals surface area (Å²) in [5, 5.41) is 22.7. The number of amides is 1. The summed E-state index contributed by atoms with van der Waals surface area (Å²) in [5.74, 6) is -1.57. The van der Waals surface area contributed by atoms with E-state index in [2.05, 4.69) is 5.32 Å². The lowest BCUT2D eigenvalue weighted by Gasteiger charge is -2.39. The second-order valence-corrected chi connectivity index (χ2v) is 12.9. The molecule has 0 aliphatic carbocycles. The summed E-state index contributed by atoms with van der Waals surface area (Å²) in [6.07, 6.45) is -13.5. The molecule has 244 valence electrons. The van der Waals surface area contributed by atoms with Gasteiger partial charge < -0.3 is 15.5 Å². The topological polar surface area (TPSA) is 107 Å². The second-order valence-electron chi connectivity index (χ2n) is 10.2. The van der Waals surface area contributed by atoms with Crippen LogP contribution in [0.4, 0.5) is 36.4 Å². The molecule has 2 atom stereocenters. The van der Waals surface area contributed by atoms with Crippen molar-refractivity contribution >= 4 is 44.8 Å². The van der Waals surface area contributed by atoms with Crippen LogP contribution < -0.4 is 9.62 Å². The van der Waals surface area contributed by atoms with Crippen LogP contribution >= 0.6 is 23.2 Å². The van der Waals surface area contributed by atoms with Crippen molar-refractivity contribution in [3.05, 3.63) is 93.2 Å². The first-order chi connectivity index (χ1) is 20.8. The quantitative estimate of drug-likeness (QED) is 0.243. The summed E-state index contributed by atoms with van der Waals surface area (Å²) >= 11 is 12.0. The first kappa shape index (κ1) is 34.8. The van der Waals surface area contributed by atoms with Gasteiger partial charge in [0.25, 0.3) is 15.6 Å². The molecule has 1 unspecified atom stereocenters. The van der Waals surface area contributed by atoms with E-state index in [-0.39, 0.29) is 34.1 Å².